The zero-order chi connectivity index (χ0) is 26.9. The minimum Gasteiger partial charge on any atom is -0.463 e. The second kappa shape index (κ2) is 10.4. The number of rotatable bonds is 7. The Bertz CT molecular complexity index is 1470. The quantitative estimate of drug-likeness (QED) is 0.317. The molecule has 0 aliphatic carbocycles. The van der Waals surface area contributed by atoms with Crippen molar-refractivity contribution in [1.29, 1.82) is 0 Å². The average Bonchev–Trinajstić information content (AvgIpc) is 3.32. The summed E-state index contributed by atoms with van der Waals surface area (Å²) in [5.41, 5.74) is -0.0112. The maximum atomic E-state index is 13.5. The molecule has 0 saturated carbocycles. The third-order valence-corrected chi connectivity index (χ3v) is 5.85. The van der Waals surface area contributed by atoms with Gasteiger partial charge in [-0.25, -0.2) is 4.79 Å². The molecule has 196 valence electrons. The normalized spacial score (nSPS) is 21.1. The van der Waals surface area contributed by atoms with Crippen LogP contribution >= 0.6 is 0 Å². The van der Waals surface area contributed by atoms with Crippen molar-refractivity contribution in [2.45, 2.75) is 51.9 Å². The monoisotopic (exact) mass is 514 g/mol. The molecule has 1 aromatic carbocycles. The van der Waals surface area contributed by atoms with E-state index in [9.17, 15) is 24.0 Å². The molecule has 2 aromatic heterocycles. The lowest BCUT2D eigenvalue weighted by Gasteiger charge is -2.24. The Kier molecular flexibility index (Phi) is 7.25. The number of hydrogen-bond acceptors (Lipinski definition) is 10. The fourth-order valence-corrected chi connectivity index (χ4v) is 4.34. The van der Waals surface area contributed by atoms with E-state index < -0.39 is 53.7 Å². The summed E-state index contributed by atoms with van der Waals surface area (Å²) in [6.07, 6.45) is -3.57. The Morgan fingerprint density at radius 3 is 2.32 bits per heavy atom. The highest BCUT2D eigenvalue weighted by Gasteiger charge is 2.51. The van der Waals surface area contributed by atoms with Crippen LogP contribution in [-0.4, -0.2) is 61.7 Å². The van der Waals surface area contributed by atoms with Gasteiger partial charge in [-0.1, -0.05) is 18.2 Å². The van der Waals surface area contributed by atoms with Crippen molar-refractivity contribution >= 4 is 28.8 Å². The van der Waals surface area contributed by atoms with E-state index in [1.165, 1.54) is 19.2 Å². The highest BCUT2D eigenvalue weighted by Crippen LogP contribution is 2.33. The van der Waals surface area contributed by atoms with Crippen LogP contribution in [0.2, 0.25) is 0 Å². The highest BCUT2D eigenvalue weighted by molar-refractivity contribution is 5.81. The van der Waals surface area contributed by atoms with E-state index >= 15 is 0 Å². The number of aryl methyl sites for hydroxylation is 1. The van der Waals surface area contributed by atoms with Crippen LogP contribution in [-0.2, 0) is 46.9 Å². The van der Waals surface area contributed by atoms with Crippen molar-refractivity contribution in [1.82, 2.24) is 18.9 Å². The van der Waals surface area contributed by atoms with Crippen LogP contribution in [0, 0.1) is 0 Å². The molecule has 1 saturated heterocycles. The number of nitrogens with zero attached hydrogens (tertiary/aromatic N) is 4. The van der Waals surface area contributed by atoms with Crippen LogP contribution in [0.5, 0.6) is 0 Å². The Labute approximate surface area is 210 Å². The summed E-state index contributed by atoms with van der Waals surface area (Å²) < 4.78 is 25.4. The molecule has 0 radical (unpaired) electrons. The summed E-state index contributed by atoms with van der Waals surface area (Å²) in [7, 11) is 1.76. The minimum atomic E-state index is -1.28. The number of aromatic nitrogens is 4. The number of para-hydroxylation sites is 1. The molecular weight excluding hydrogens is 488 g/mol. The number of hydrogen-bond donors (Lipinski definition) is 0. The largest absolute Gasteiger partial charge is 0.463 e. The first kappa shape index (κ1) is 25.8. The van der Waals surface area contributed by atoms with Crippen molar-refractivity contribution in [3.05, 3.63) is 63.1 Å². The van der Waals surface area contributed by atoms with Crippen molar-refractivity contribution in [3.8, 4) is 0 Å². The van der Waals surface area contributed by atoms with E-state index in [1.807, 2.05) is 24.3 Å². The molecule has 1 aliphatic heterocycles. The van der Waals surface area contributed by atoms with Gasteiger partial charge in [-0.05, 0) is 6.07 Å². The number of carbonyl (C=O) groups excluding carboxylic acids is 3. The smallest absolute Gasteiger partial charge is 0.333 e. The summed E-state index contributed by atoms with van der Waals surface area (Å²) in [6.45, 7) is 3.05. The standard InChI is InChI=1S/C24H26N4O9/c1-13(29)34-12-19-21(35-14(2)30)22(36-15(3)31)23(37-19)27-10-9-20(32)28(24(27)33)11-17-16-7-5-6-8-18(16)26(4)25-17/h5-10,19,21-23H,11-12H2,1-4H3/t19-,21?,22+,23-/m1/s1. The SMILES string of the molecule is CC(=O)OC[C@H]1O[C@@H](n2ccc(=O)n(Cc3nn(C)c4ccccc34)c2=O)[C@@H](OC(C)=O)C1OC(C)=O. The zero-order valence-corrected chi connectivity index (χ0v) is 20.7. The fraction of sp³-hybridized carbons (Fsp3) is 0.417. The van der Waals surface area contributed by atoms with Gasteiger partial charge in [0.1, 0.15) is 12.7 Å². The van der Waals surface area contributed by atoms with E-state index in [2.05, 4.69) is 5.10 Å². The predicted molar refractivity (Wildman–Crippen MR) is 126 cm³/mol. The molecule has 0 bridgehead atoms. The van der Waals surface area contributed by atoms with Crippen molar-refractivity contribution < 1.29 is 33.3 Å². The Morgan fingerprint density at radius 2 is 1.65 bits per heavy atom. The lowest BCUT2D eigenvalue weighted by molar-refractivity contribution is -0.166. The van der Waals surface area contributed by atoms with Gasteiger partial charge >= 0.3 is 23.6 Å². The summed E-state index contributed by atoms with van der Waals surface area (Å²) in [5.74, 6) is -2.02. The van der Waals surface area contributed by atoms with E-state index in [0.717, 1.165) is 33.9 Å². The molecule has 4 rings (SSSR count). The molecule has 1 fully saturated rings. The molecule has 37 heavy (non-hydrogen) atoms. The Morgan fingerprint density at radius 1 is 0.973 bits per heavy atom. The van der Waals surface area contributed by atoms with Gasteiger partial charge < -0.3 is 18.9 Å². The van der Waals surface area contributed by atoms with E-state index in [-0.39, 0.29) is 13.2 Å². The van der Waals surface area contributed by atoms with Gasteiger partial charge in [0.15, 0.2) is 18.4 Å². The maximum Gasteiger partial charge on any atom is 0.333 e. The van der Waals surface area contributed by atoms with Crippen molar-refractivity contribution in [2.75, 3.05) is 6.61 Å². The van der Waals surface area contributed by atoms with Crippen molar-refractivity contribution in [2.24, 2.45) is 7.05 Å². The highest BCUT2D eigenvalue weighted by atomic mass is 16.7. The number of benzene rings is 1. The van der Waals surface area contributed by atoms with Gasteiger partial charge in [-0.3, -0.25) is 33.0 Å². The van der Waals surface area contributed by atoms with Gasteiger partial charge in [0.25, 0.3) is 5.56 Å². The summed E-state index contributed by atoms with van der Waals surface area (Å²) in [6, 6.07) is 8.56. The van der Waals surface area contributed by atoms with Crippen LogP contribution < -0.4 is 11.2 Å². The molecule has 13 heteroatoms. The Hall–Kier alpha value is -4.26. The molecule has 3 heterocycles. The van der Waals surface area contributed by atoms with Crippen LogP contribution in [0.25, 0.3) is 10.9 Å². The topological polar surface area (TPSA) is 150 Å². The van der Waals surface area contributed by atoms with Gasteiger partial charge in [-0.2, -0.15) is 5.10 Å². The molecule has 1 aliphatic rings. The number of carbonyl (C=O) groups is 3. The molecule has 3 aromatic rings. The molecule has 4 atom stereocenters. The molecule has 0 amide bonds. The fourth-order valence-electron chi connectivity index (χ4n) is 4.34. The number of ether oxygens (including phenoxy) is 4. The number of fused-ring (bicyclic) bond motifs is 1. The van der Waals surface area contributed by atoms with E-state index in [4.69, 9.17) is 18.9 Å². The van der Waals surface area contributed by atoms with Crippen LogP contribution in [0.3, 0.4) is 0 Å². The second-order valence-electron chi connectivity index (χ2n) is 8.53. The number of esters is 3. The predicted octanol–water partition coefficient (Wildman–Crippen LogP) is 0.269. The summed E-state index contributed by atoms with van der Waals surface area (Å²) in [4.78, 5) is 61.3. The van der Waals surface area contributed by atoms with Gasteiger partial charge in [0.05, 0.1) is 17.8 Å². The van der Waals surface area contributed by atoms with Gasteiger partial charge in [-0.15, -0.1) is 0 Å². The lowest BCUT2D eigenvalue weighted by Crippen LogP contribution is -2.45. The molecule has 1 unspecified atom stereocenters. The molecule has 0 spiro atoms. The third kappa shape index (κ3) is 5.31. The van der Waals surface area contributed by atoms with E-state index in [0.29, 0.717) is 5.69 Å². The summed E-state index contributed by atoms with van der Waals surface area (Å²) >= 11 is 0. The molecule has 0 N–H and O–H groups in total. The average molecular weight is 514 g/mol. The lowest BCUT2D eigenvalue weighted by atomic mass is 10.1. The van der Waals surface area contributed by atoms with Crippen LogP contribution in [0.15, 0.2) is 46.1 Å². The van der Waals surface area contributed by atoms with Crippen LogP contribution in [0.1, 0.15) is 32.7 Å². The van der Waals surface area contributed by atoms with Gasteiger partial charge in [0.2, 0.25) is 0 Å². The Balaban J connectivity index is 1.75. The molecule has 13 nitrogen and oxygen atoms in total. The summed E-state index contributed by atoms with van der Waals surface area (Å²) in [5, 5.41) is 5.22. The van der Waals surface area contributed by atoms with Crippen LogP contribution in [0.4, 0.5) is 0 Å². The first-order valence-corrected chi connectivity index (χ1v) is 11.4. The second-order valence-corrected chi connectivity index (χ2v) is 8.53. The van der Waals surface area contributed by atoms with E-state index in [1.54, 1.807) is 11.7 Å². The first-order chi connectivity index (χ1) is 17.6. The van der Waals surface area contributed by atoms with Gasteiger partial charge in [0, 0.05) is 45.5 Å². The maximum absolute atomic E-state index is 13.5. The third-order valence-electron chi connectivity index (χ3n) is 5.85. The minimum absolute atomic E-state index is 0.130. The van der Waals surface area contributed by atoms with Crippen molar-refractivity contribution in [3.63, 3.8) is 0 Å². The first-order valence-electron chi connectivity index (χ1n) is 11.4. The molecular formula is C24H26N4O9. The zero-order valence-electron chi connectivity index (χ0n) is 20.7.